The van der Waals surface area contributed by atoms with Crippen LogP contribution in [0.15, 0.2) is 0 Å². The molecule has 0 heterocycles. The average Bonchev–Trinajstić information content (AvgIpc) is 1.07. The van der Waals surface area contributed by atoms with E-state index in [1.165, 1.54) is 244 Å². The van der Waals surface area contributed by atoms with Crippen LogP contribution >= 0.6 is 15.6 Å². The van der Waals surface area contributed by atoms with Gasteiger partial charge in [0, 0.05) is 25.7 Å². The average molecular weight is 1450 g/mol. The number of hydrogen-bond acceptors (Lipinski definition) is 15. The maximum absolute atomic E-state index is 13.1. The highest BCUT2D eigenvalue weighted by Crippen LogP contribution is 2.45. The van der Waals surface area contributed by atoms with Crippen molar-refractivity contribution in [3.05, 3.63) is 0 Å². The van der Waals surface area contributed by atoms with Gasteiger partial charge in [-0.05, 0) is 31.6 Å². The molecule has 3 N–H and O–H groups in total. The molecule has 17 nitrogen and oxygen atoms in total. The molecule has 0 spiro atoms. The van der Waals surface area contributed by atoms with Crippen molar-refractivity contribution in [1.82, 2.24) is 0 Å². The van der Waals surface area contributed by atoms with Crippen LogP contribution in [0.4, 0.5) is 0 Å². The third-order valence-electron chi connectivity index (χ3n) is 18.8. The van der Waals surface area contributed by atoms with Crippen molar-refractivity contribution in [2.75, 3.05) is 39.6 Å². The van der Waals surface area contributed by atoms with E-state index >= 15 is 0 Å². The van der Waals surface area contributed by atoms with E-state index in [0.29, 0.717) is 25.7 Å². The predicted octanol–water partition coefficient (Wildman–Crippen LogP) is 24.0. The van der Waals surface area contributed by atoms with Crippen LogP contribution in [0.1, 0.15) is 426 Å². The summed E-state index contributed by atoms with van der Waals surface area (Å²) in [4.78, 5) is 72.8. The van der Waals surface area contributed by atoms with Crippen molar-refractivity contribution in [2.45, 2.75) is 445 Å². The quantitative estimate of drug-likeness (QED) is 0.0222. The van der Waals surface area contributed by atoms with E-state index in [9.17, 15) is 43.2 Å². The number of carbonyl (C=O) groups is 4. The molecule has 0 aromatic heterocycles. The molecule has 0 radical (unpaired) electrons. The second-order valence-corrected chi connectivity index (χ2v) is 32.2. The van der Waals surface area contributed by atoms with Crippen LogP contribution in [0, 0.1) is 5.92 Å². The van der Waals surface area contributed by atoms with Crippen molar-refractivity contribution < 1.29 is 80.2 Å². The first kappa shape index (κ1) is 97.1. The van der Waals surface area contributed by atoms with Crippen molar-refractivity contribution in [3.63, 3.8) is 0 Å². The number of phosphoric acid groups is 2. The van der Waals surface area contributed by atoms with Gasteiger partial charge in [-0.1, -0.05) is 375 Å². The first-order valence-electron chi connectivity index (χ1n) is 41.6. The predicted molar refractivity (Wildman–Crippen MR) is 405 cm³/mol. The van der Waals surface area contributed by atoms with Crippen LogP contribution < -0.4 is 0 Å². The highest BCUT2D eigenvalue weighted by atomic mass is 31.2. The van der Waals surface area contributed by atoms with Crippen LogP contribution in [-0.2, 0) is 65.4 Å². The van der Waals surface area contributed by atoms with Crippen molar-refractivity contribution >= 4 is 39.5 Å². The van der Waals surface area contributed by atoms with Crippen molar-refractivity contribution in [2.24, 2.45) is 5.92 Å². The third kappa shape index (κ3) is 74.1. The van der Waals surface area contributed by atoms with Crippen LogP contribution in [0.2, 0.25) is 0 Å². The van der Waals surface area contributed by atoms with E-state index in [0.717, 1.165) is 102 Å². The summed E-state index contributed by atoms with van der Waals surface area (Å²) in [7, 11) is -9.91. The Hall–Kier alpha value is -1.94. The molecule has 0 aromatic rings. The topological polar surface area (TPSA) is 237 Å². The molecule has 0 saturated carbocycles. The van der Waals surface area contributed by atoms with Gasteiger partial charge < -0.3 is 33.8 Å². The third-order valence-corrected chi connectivity index (χ3v) is 20.7. The molecule has 0 saturated heterocycles. The summed E-state index contributed by atoms with van der Waals surface area (Å²) in [6.45, 7) is 7.32. The van der Waals surface area contributed by atoms with Gasteiger partial charge in [0.1, 0.15) is 19.3 Å². The van der Waals surface area contributed by atoms with E-state index in [2.05, 4.69) is 34.6 Å². The molecule has 0 amide bonds. The fraction of sp³-hybridized carbons (Fsp3) is 0.950. The normalized spacial score (nSPS) is 13.9. The number of unbranched alkanes of at least 4 members (excludes halogenated alkanes) is 52. The van der Waals surface area contributed by atoms with E-state index in [1.807, 2.05) is 0 Å². The molecule has 0 aliphatic rings. The molecule has 588 valence electrons. The van der Waals surface area contributed by atoms with Crippen molar-refractivity contribution in [3.8, 4) is 0 Å². The molecule has 0 fully saturated rings. The van der Waals surface area contributed by atoms with Gasteiger partial charge in [0.15, 0.2) is 12.2 Å². The second kappa shape index (κ2) is 73.0. The number of esters is 4. The standard InChI is InChI=1S/C80H156O17P2/c1-6-9-12-15-18-21-23-25-26-27-28-29-30-31-34-38-42-46-51-56-61-66-80(85)97-76(70-91-78(83)64-59-54-49-44-41-37-35-32-33-36-39-43-47-52-57-62-73(4)5)72-95-99(88,89)93-68-74(81)67-92-98(86,87)94-71-75(69-90-77(82)63-58-53-48-20-17-14-11-8-3)96-79(84)65-60-55-50-45-40-24-22-19-16-13-10-7-2/h73-76,81H,6-72H2,1-5H3,(H,86,87)(H,88,89)/t74-,75+,76+/m0/s1. The summed E-state index contributed by atoms with van der Waals surface area (Å²) in [6, 6.07) is 0. The Bertz CT molecular complexity index is 1890. The van der Waals surface area contributed by atoms with Gasteiger partial charge in [0.2, 0.25) is 0 Å². The SMILES string of the molecule is CCCCCCCCCCCCCCCCCCCCCCCC(=O)O[C@H](COC(=O)CCCCCCCCCCCCCCCCCC(C)C)COP(=O)(O)OC[C@@H](O)COP(=O)(O)OC[C@@H](COC(=O)CCCCCCCCCC)OC(=O)CCCCCCCCCCCCCC. The molecule has 0 aliphatic heterocycles. The molecule has 0 aliphatic carbocycles. The summed E-state index contributed by atoms with van der Waals surface area (Å²) in [5, 5.41) is 10.6. The number of aliphatic hydroxyl groups excluding tert-OH is 1. The summed E-state index contributed by atoms with van der Waals surface area (Å²) < 4.78 is 68.6. The minimum atomic E-state index is -4.96. The Morgan fingerprint density at radius 2 is 0.465 bits per heavy atom. The van der Waals surface area contributed by atoms with E-state index in [-0.39, 0.29) is 25.7 Å². The highest BCUT2D eigenvalue weighted by Gasteiger charge is 2.30. The lowest BCUT2D eigenvalue weighted by Crippen LogP contribution is -2.30. The van der Waals surface area contributed by atoms with Crippen LogP contribution in [0.25, 0.3) is 0 Å². The van der Waals surface area contributed by atoms with Gasteiger partial charge >= 0.3 is 39.5 Å². The molecule has 0 aromatic carbocycles. The number of phosphoric ester groups is 2. The summed E-state index contributed by atoms with van der Waals surface area (Å²) in [5.41, 5.74) is 0. The number of hydrogen-bond donors (Lipinski definition) is 3. The molecule has 99 heavy (non-hydrogen) atoms. The van der Waals surface area contributed by atoms with Gasteiger partial charge in [-0.2, -0.15) is 0 Å². The van der Waals surface area contributed by atoms with Crippen molar-refractivity contribution in [1.29, 1.82) is 0 Å². The molecule has 2 unspecified atom stereocenters. The van der Waals surface area contributed by atoms with Gasteiger partial charge in [-0.15, -0.1) is 0 Å². The Kier molecular flexibility index (Phi) is 71.6. The Morgan fingerprint density at radius 3 is 0.687 bits per heavy atom. The zero-order chi connectivity index (χ0) is 72.7. The first-order valence-corrected chi connectivity index (χ1v) is 44.6. The zero-order valence-electron chi connectivity index (χ0n) is 64.6. The van der Waals surface area contributed by atoms with E-state index in [1.54, 1.807) is 0 Å². The molecule has 19 heteroatoms. The molecular formula is C80H156O17P2. The number of carbonyl (C=O) groups excluding carboxylic acids is 4. The minimum absolute atomic E-state index is 0.108. The van der Waals surface area contributed by atoms with Crippen LogP contribution in [0.3, 0.4) is 0 Å². The molecule has 0 rings (SSSR count). The molecular weight excluding hydrogens is 1290 g/mol. The lowest BCUT2D eigenvalue weighted by molar-refractivity contribution is -0.161. The highest BCUT2D eigenvalue weighted by molar-refractivity contribution is 7.47. The van der Waals surface area contributed by atoms with Gasteiger partial charge in [0.05, 0.1) is 26.4 Å². The summed E-state index contributed by atoms with van der Waals surface area (Å²) in [5.74, 6) is -1.30. The number of aliphatic hydroxyl groups is 1. The number of ether oxygens (including phenoxy) is 4. The largest absolute Gasteiger partial charge is 0.472 e. The summed E-state index contributed by atoms with van der Waals surface area (Å²) in [6.07, 6.45) is 64.0. The zero-order valence-corrected chi connectivity index (χ0v) is 66.4. The van der Waals surface area contributed by atoms with Gasteiger partial charge in [0.25, 0.3) is 0 Å². The second-order valence-electron chi connectivity index (χ2n) is 29.3. The lowest BCUT2D eigenvalue weighted by atomic mass is 10.0. The lowest BCUT2D eigenvalue weighted by Gasteiger charge is -2.21. The first-order chi connectivity index (χ1) is 48.0. The smallest absolute Gasteiger partial charge is 0.462 e. The fourth-order valence-corrected chi connectivity index (χ4v) is 14.0. The van der Waals surface area contributed by atoms with E-state index in [4.69, 9.17) is 37.0 Å². The maximum Gasteiger partial charge on any atom is 0.472 e. The Labute approximate surface area is 607 Å². The van der Waals surface area contributed by atoms with Crippen LogP contribution in [0.5, 0.6) is 0 Å². The summed E-state index contributed by atoms with van der Waals surface area (Å²) >= 11 is 0. The van der Waals surface area contributed by atoms with Gasteiger partial charge in [-0.3, -0.25) is 37.3 Å². The monoisotopic (exact) mass is 1450 g/mol. The van der Waals surface area contributed by atoms with Crippen LogP contribution in [-0.4, -0.2) is 96.7 Å². The fourth-order valence-electron chi connectivity index (χ4n) is 12.4. The molecule has 0 bridgehead atoms. The van der Waals surface area contributed by atoms with E-state index < -0.39 is 97.5 Å². The minimum Gasteiger partial charge on any atom is -0.462 e. The Balaban J connectivity index is 5.18. The maximum atomic E-state index is 13.1. The van der Waals surface area contributed by atoms with Gasteiger partial charge in [-0.25, -0.2) is 9.13 Å². The molecule has 5 atom stereocenters. The number of rotatable bonds is 80. The Morgan fingerprint density at radius 1 is 0.273 bits per heavy atom.